The van der Waals surface area contributed by atoms with Gasteiger partial charge in [-0.1, -0.05) is 24.8 Å². The Morgan fingerprint density at radius 1 is 1.64 bits per heavy atom. The fraction of sp³-hybridized carbons (Fsp3) is 0.182. The smallest absolute Gasteiger partial charge is 0.257 e. The fourth-order valence-corrected chi connectivity index (χ4v) is 0.952. The monoisotopic (exact) mass is 191 g/mol. The number of benzene rings is 1. The highest BCUT2D eigenvalue weighted by Gasteiger charge is 1.99. The predicted molar refractivity (Wildman–Crippen MR) is 56.1 cm³/mol. The highest BCUT2D eigenvalue weighted by molar-refractivity contribution is 5.77. The second kappa shape index (κ2) is 5.07. The van der Waals surface area contributed by atoms with Gasteiger partial charge in [0.15, 0.2) is 6.61 Å². The van der Waals surface area contributed by atoms with Crippen molar-refractivity contribution in [1.29, 1.82) is 0 Å². The Bertz CT molecular complexity index is 334. The van der Waals surface area contributed by atoms with E-state index in [0.29, 0.717) is 5.75 Å². The minimum absolute atomic E-state index is 0.0388. The van der Waals surface area contributed by atoms with Crippen LogP contribution in [-0.2, 0) is 4.79 Å². The van der Waals surface area contributed by atoms with E-state index in [-0.39, 0.29) is 12.5 Å². The molecule has 0 heterocycles. The standard InChI is InChI=1S/C11H13NO2/c1-3-9-5-4-6-10(7-9)14-8-11(13)12-2/h3-7H,1,8H2,2H3,(H,12,13). The molecular weight excluding hydrogens is 178 g/mol. The van der Waals surface area contributed by atoms with Crippen LogP contribution >= 0.6 is 0 Å². The summed E-state index contributed by atoms with van der Waals surface area (Å²) in [5, 5.41) is 2.48. The molecule has 1 aromatic rings. The van der Waals surface area contributed by atoms with Gasteiger partial charge < -0.3 is 10.1 Å². The topological polar surface area (TPSA) is 38.3 Å². The number of rotatable bonds is 4. The Labute approximate surface area is 83.4 Å². The molecule has 1 rings (SSSR count). The Kier molecular flexibility index (Phi) is 3.73. The van der Waals surface area contributed by atoms with Gasteiger partial charge in [0.05, 0.1) is 0 Å². The molecule has 1 amide bonds. The van der Waals surface area contributed by atoms with Crippen LogP contribution in [0.15, 0.2) is 30.8 Å². The number of hydrogen-bond donors (Lipinski definition) is 1. The summed E-state index contributed by atoms with van der Waals surface area (Å²) in [7, 11) is 1.58. The van der Waals surface area contributed by atoms with Gasteiger partial charge in [0.1, 0.15) is 5.75 Å². The van der Waals surface area contributed by atoms with Crippen LogP contribution in [0.2, 0.25) is 0 Å². The van der Waals surface area contributed by atoms with Gasteiger partial charge in [-0.05, 0) is 17.7 Å². The van der Waals surface area contributed by atoms with E-state index in [1.165, 1.54) is 0 Å². The van der Waals surface area contributed by atoms with Crippen molar-refractivity contribution in [3.05, 3.63) is 36.4 Å². The molecule has 74 valence electrons. The number of hydrogen-bond acceptors (Lipinski definition) is 2. The van der Waals surface area contributed by atoms with Crippen molar-refractivity contribution in [3.8, 4) is 5.75 Å². The summed E-state index contributed by atoms with van der Waals surface area (Å²) in [5.41, 5.74) is 0.972. The molecule has 3 heteroatoms. The molecule has 0 aliphatic rings. The molecule has 1 N–H and O–H groups in total. The Morgan fingerprint density at radius 2 is 2.43 bits per heavy atom. The highest BCUT2D eigenvalue weighted by atomic mass is 16.5. The second-order valence-corrected chi connectivity index (χ2v) is 2.74. The van der Waals surface area contributed by atoms with E-state index in [9.17, 15) is 4.79 Å². The third kappa shape index (κ3) is 2.94. The first-order chi connectivity index (χ1) is 6.76. The third-order valence-electron chi connectivity index (χ3n) is 1.74. The van der Waals surface area contributed by atoms with Gasteiger partial charge in [-0.25, -0.2) is 0 Å². The molecule has 0 saturated carbocycles. The van der Waals surface area contributed by atoms with Gasteiger partial charge in [-0.15, -0.1) is 0 Å². The van der Waals surface area contributed by atoms with Crippen molar-refractivity contribution in [2.45, 2.75) is 0 Å². The predicted octanol–water partition coefficient (Wildman–Crippen LogP) is 1.45. The molecule has 0 saturated heterocycles. The first kappa shape index (κ1) is 10.3. The average molecular weight is 191 g/mol. The minimum atomic E-state index is -0.144. The van der Waals surface area contributed by atoms with Crippen molar-refractivity contribution in [1.82, 2.24) is 5.32 Å². The molecule has 1 aromatic carbocycles. The summed E-state index contributed by atoms with van der Waals surface area (Å²) in [4.78, 5) is 10.9. The van der Waals surface area contributed by atoms with E-state index < -0.39 is 0 Å². The molecule has 0 atom stereocenters. The van der Waals surface area contributed by atoms with Crippen molar-refractivity contribution >= 4 is 12.0 Å². The number of carbonyl (C=O) groups excluding carboxylic acids is 1. The highest BCUT2D eigenvalue weighted by Crippen LogP contribution is 2.13. The summed E-state index contributed by atoms with van der Waals surface area (Å²) >= 11 is 0. The molecule has 0 aromatic heterocycles. The lowest BCUT2D eigenvalue weighted by atomic mass is 10.2. The maximum absolute atomic E-state index is 10.9. The van der Waals surface area contributed by atoms with E-state index in [2.05, 4.69) is 11.9 Å². The van der Waals surface area contributed by atoms with Crippen LogP contribution < -0.4 is 10.1 Å². The van der Waals surface area contributed by atoms with Gasteiger partial charge in [0, 0.05) is 7.05 Å². The lowest BCUT2D eigenvalue weighted by Gasteiger charge is -2.05. The Balaban J connectivity index is 2.58. The van der Waals surface area contributed by atoms with Crippen LogP contribution in [0.5, 0.6) is 5.75 Å². The molecule has 0 spiro atoms. The lowest BCUT2D eigenvalue weighted by Crippen LogP contribution is -2.24. The van der Waals surface area contributed by atoms with E-state index in [1.807, 2.05) is 18.2 Å². The van der Waals surface area contributed by atoms with Crippen LogP contribution in [0.3, 0.4) is 0 Å². The van der Waals surface area contributed by atoms with Crippen molar-refractivity contribution in [2.24, 2.45) is 0 Å². The summed E-state index contributed by atoms with van der Waals surface area (Å²) in [5.74, 6) is 0.528. The summed E-state index contributed by atoms with van der Waals surface area (Å²) < 4.78 is 5.24. The summed E-state index contributed by atoms with van der Waals surface area (Å²) in [6, 6.07) is 7.40. The third-order valence-corrected chi connectivity index (χ3v) is 1.74. The van der Waals surface area contributed by atoms with Gasteiger partial charge in [-0.3, -0.25) is 4.79 Å². The van der Waals surface area contributed by atoms with E-state index in [1.54, 1.807) is 19.2 Å². The van der Waals surface area contributed by atoms with Crippen molar-refractivity contribution in [3.63, 3.8) is 0 Å². The molecule has 0 aliphatic heterocycles. The first-order valence-electron chi connectivity index (χ1n) is 4.32. The molecule has 0 bridgehead atoms. The number of likely N-dealkylation sites (N-methyl/N-ethyl adjacent to an activating group) is 1. The molecule has 0 unspecified atom stereocenters. The van der Waals surface area contributed by atoms with Gasteiger partial charge in [0.2, 0.25) is 0 Å². The van der Waals surface area contributed by atoms with Gasteiger partial charge in [-0.2, -0.15) is 0 Å². The number of amides is 1. The van der Waals surface area contributed by atoms with E-state index in [0.717, 1.165) is 5.56 Å². The first-order valence-corrected chi connectivity index (χ1v) is 4.32. The molecule has 14 heavy (non-hydrogen) atoms. The molecule has 3 nitrogen and oxygen atoms in total. The normalized spacial score (nSPS) is 9.21. The van der Waals surface area contributed by atoms with Crippen LogP contribution in [0.1, 0.15) is 5.56 Å². The Hall–Kier alpha value is -1.77. The molecular formula is C11H13NO2. The number of nitrogens with one attached hydrogen (secondary N) is 1. The maximum Gasteiger partial charge on any atom is 0.257 e. The van der Waals surface area contributed by atoms with Crippen LogP contribution in [0.4, 0.5) is 0 Å². The fourth-order valence-electron chi connectivity index (χ4n) is 0.952. The quantitative estimate of drug-likeness (QED) is 0.782. The maximum atomic E-state index is 10.9. The zero-order valence-electron chi connectivity index (χ0n) is 8.12. The zero-order valence-corrected chi connectivity index (χ0v) is 8.12. The SMILES string of the molecule is C=Cc1cccc(OCC(=O)NC)c1. The zero-order chi connectivity index (χ0) is 10.4. The van der Waals surface area contributed by atoms with E-state index >= 15 is 0 Å². The molecule has 0 aliphatic carbocycles. The largest absolute Gasteiger partial charge is 0.484 e. The van der Waals surface area contributed by atoms with Crippen LogP contribution in [-0.4, -0.2) is 19.6 Å². The van der Waals surface area contributed by atoms with Crippen LogP contribution in [0.25, 0.3) is 6.08 Å². The van der Waals surface area contributed by atoms with Crippen LogP contribution in [0, 0.1) is 0 Å². The molecule has 0 radical (unpaired) electrons. The second-order valence-electron chi connectivity index (χ2n) is 2.74. The average Bonchev–Trinajstić information content (AvgIpc) is 2.26. The minimum Gasteiger partial charge on any atom is -0.484 e. The van der Waals surface area contributed by atoms with Gasteiger partial charge in [0.25, 0.3) is 5.91 Å². The number of ether oxygens (including phenoxy) is 1. The Morgan fingerprint density at radius 3 is 3.07 bits per heavy atom. The van der Waals surface area contributed by atoms with Crippen molar-refractivity contribution in [2.75, 3.05) is 13.7 Å². The van der Waals surface area contributed by atoms with Crippen molar-refractivity contribution < 1.29 is 9.53 Å². The van der Waals surface area contributed by atoms with Gasteiger partial charge >= 0.3 is 0 Å². The molecule has 0 fully saturated rings. The lowest BCUT2D eigenvalue weighted by molar-refractivity contribution is -0.122. The van der Waals surface area contributed by atoms with E-state index in [4.69, 9.17) is 4.74 Å². The summed E-state index contributed by atoms with van der Waals surface area (Å²) in [6.07, 6.45) is 1.73. The number of carbonyl (C=O) groups is 1. The summed E-state index contributed by atoms with van der Waals surface area (Å²) in [6.45, 7) is 3.69.